The fraction of sp³-hybridized carbons (Fsp3) is 0.0833. The Bertz CT molecular complexity index is 646. The Kier molecular flexibility index (Phi) is 3.66. The zero-order valence-electron chi connectivity index (χ0n) is 9.96. The van der Waals surface area contributed by atoms with Crippen LogP contribution in [0.5, 0.6) is 11.5 Å². The monoisotopic (exact) mass is 323 g/mol. The second-order valence-corrected chi connectivity index (χ2v) is 4.76. The number of aromatic nitrogens is 1. The first-order valence-electron chi connectivity index (χ1n) is 5.31. The quantitative estimate of drug-likeness (QED) is 0.690. The van der Waals surface area contributed by atoms with E-state index in [2.05, 4.69) is 20.9 Å². The van der Waals surface area contributed by atoms with Gasteiger partial charge in [-0.2, -0.15) is 0 Å². The first kappa shape index (κ1) is 13.3. The molecule has 0 saturated heterocycles. The molecule has 2 N–H and O–H groups in total. The number of benzene rings is 1. The fourth-order valence-electron chi connectivity index (χ4n) is 1.59. The molecule has 98 valence electrons. The average Bonchev–Trinajstić information content (AvgIpc) is 2.32. The van der Waals surface area contributed by atoms with E-state index >= 15 is 0 Å². The number of rotatable bonds is 3. The highest BCUT2D eigenvalue weighted by Gasteiger charge is 2.19. The van der Waals surface area contributed by atoms with Crippen LogP contribution in [-0.4, -0.2) is 9.91 Å². The molecule has 2 rings (SSSR count). The smallest absolute Gasteiger partial charge is 0.312 e. The first-order valence-corrected chi connectivity index (χ1v) is 6.10. The van der Waals surface area contributed by atoms with Crippen molar-refractivity contribution in [3.05, 3.63) is 50.6 Å². The SMILES string of the molecule is Cc1cc(Br)cc([N+](=O)[O-])c1Oc1ccnc(N)c1. The predicted molar refractivity (Wildman–Crippen MR) is 74.3 cm³/mol. The van der Waals surface area contributed by atoms with Crippen LogP contribution in [0.3, 0.4) is 0 Å². The van der Waals surface area contributed by atoms with Crippen molar-refractivity contribution >= 4 is 27.4 Å². The van der Waals surface area contributed by atoms with Crippen LogP contribution >= 0.6 is 15.9 Å². The lowest BCUT2D eigenvalue weighted by atomic mass is 10.2. The standard InChI is InChI=1S/C12H10BrN3O3/c1-7-4-8(13)5-10(16(17)18)12(7)19-9-2-3-15-11(14)6-9/h2-6H,1H3,(H2,14,15). The minimum Gasteiger partial charge on any atom is -0.450 e. The third-order valence-electron chi connectivity index (χ3n) is 2.39. The normalized spacial score (nSPS) is 10.2. The van der Waals surface area contributed by atoms with E-state index in [1.807, 2.05) is 0 Å². The van der Waals surface area contributed by atoms with Crippen LogP contribution in [-0.2, 0) is 0 Å². The summed E-state index contributed by atoms with van der Waals surface area (Å²) in [6, 6.07) is 6.23. The summed E-state index contributed by atoms with van der Waals surface area (Å²) in [6.07, 6.45) is 1.48. The molecule has 0 aliphatic heterocycles. The van der Waals surface area contributed by atoms with Crippen LogP contribution in [0.1, 0.15) is 5.56 Å². The number of nitrogens with two attached hydrogens (primary N) is 1. The summed E-state index contributed by atoms with van der Waals surface area (Å²) in [7, 11) is 0. The largest absolute Gasteiger partial charge is 0.450 e. The molecule has 0 radical (unpaired) electrons. The summed E-state index contributed by atoms with van der Waals surface area (Å²) >= 11 is 3.22. The number of nitrogens with zero attached hydrogens (tertiary/aromatic N) is 2. The number of ether oxygens (including phenoxy) is 1. The van der Waals surface area contributed by atoms with Crippen molar-refractivity contribution < 1.29 is 9.66 Å². The second kappa shape index (κ2) is 5.23. The van der Waals surface area contributed by atoms with E-state index in [-0.39, 0.29) is 17.3 Å². The van der Waals surface area contributed by atoms with Crippen molar-refractivity contribution in [2.75, 3.05) is 5.73 Å². The van der Waals surface area contributed by atoms with Crippen molar-refractivity contribution in [1.29, 1.82) is 0 Å². The van der Waals surface area contributed by atoms with E-state index in [1.165, 1.54) is 18.3 Å². The highest BCUT2D eigenvalue weighted by molar-refractivity contribution is 9.10. The molecule has 1 aromatic carbocycles. The van der Waals surface area contributed by atoms with Gasteiger partial charge in [0.2, 0.25) is 5.75 Å². The molecule has 7 heteroatoms. The Morgan fingerprint density at radius 3 is 2.79 bits per heavy atom. The number of aryl methyl sites for hydroxylation is 1. The summed E-state index contributed by atoms with van der Waals surface area (Å²) in [5, 5.41) is 11.1. The maximum Gasteiger partial charge on any atom is 0.312 e. The highest BCUT2D eigenvalue weighted by Crippen LogP contribution is 2.37. The van der Waals surface area contributed by atoms with Crippen molar-refractivity contribution in [3.63, 3.8) is 0 Å². The third-order valence-corrected chi connectivity index (χ3v) is 2.85. The summed E-state index contributed by atoms with van der Waals surface area (Å²) in [4.78, 5) is 14.4. The Morgan fingerprint density at radius 2 is 2.16 bits per heavy atom. The molecule has 2 aromatic rings. The lowest BCUT2D eigenvalue weighted by Crippen LogP contribution is -1.97. The van der Waals surface area contributed by atoms with Crippen molar-refractivity contribution in [3.8, 4) is 11.5 Å². The van der Waals surface area contributed by atoms with E-state index in [1.54, 1.807) is 19.1 Å². The van der Waals surface area contributed by atoms with E-state index in [9.17, 15) is 10.1 Å². The van der Waals surface area contributed by atoms with Gasteiger partial charge in [0, 0.05) is 22.8 Å². The zero-order valence-corrected chi connectivity index (χ0v) is 11.5. The number of pyridine rings is 1. The van der Waals surface area contributed by atoms with Gasteiger partial charge in [-0.05, 0) is 24.6 Å². The number of anilines is 1. The number of nitro benzene ring substituents is 1. The van der Waals surface area contributed by atoms with E-state index in [4.69, 9.17) is 10.5 Å². The van der Waals surface area contributed by atoms with Gasteiger partial charge in [-0.15, -0.1) is 0 Å². The molecule has 1 heterocycles. The molecule has 0 fully saturated rings. The second-order valence-electron chi connectivity index (χ2n) is 3.85. The molecule has 0 unspecified atom stereocenters. The molecular weight excluding hydrogens is 314 g/mol. The van der Waals surface area contributed by atoms with Gasteiger partial charge in [0.05, 0.1) is 4.92 Å². The highest BCUT2D eigenvalue weighted by atomic mass is 79.9. The first-order chi connectivity index (χ1) is 8.97. The molecule has 0 bridgehead atoms. The number of nitrogen functional groups attached to an aromatic ring is 1. The predicted octanol–water partition coefficient (Wildman–Crippen LogP) is 3.44. The molecule has 0 spiro atoms. The summed E-state index contributed by atoms with van der Waals surface area (Å²) in [6.45, 7) is 1.73. The molecule has 0 saturated carbocycles. The molecule has 0 amide bonds. The molecule has 0 atom stereocenters. The molecule has 1 aromatic heterocycles. The molecule has 0 aliphatic carbocycles. The van der Waals surface area contributed by atoms with Crippen LogP contribution in [0.15, 0.2) is 34.9 Å². The summed E-state index contributed by atoms with van der Waals surface area (Å²) < 4.78 is 6.18. The lowest BCUT2D eigenvalue weighted by molar-refractivity contribution is -0.385. The maximum absolute atomic E-state index is 11.1. The van der Waals surface area contributed by atoms with Crippen molar-refractivity contribution in [2.24, 2.45) is 0 Å². The minimum absolute atomic E-state index is 0.109. The van der Waals surface area contributed by atoms with Crippen molar-refractivity contribution in [2.45, 2.75) is 6.92 Å². The third kappa shape index (κ3) is 3.00. The Balaban J connectivity index is 2.47. The Labute approximate surface area is 117 Å². The van der Waals surface area contributed by atoms with E-state index in [0.29, 0.717) is 15.8 Å². The van der Waals surface area contributed by atoms with Gasteiger partial charge in [-0.3, -0.25) is 10.1 Å². The van der Waals surface area contributed by atoms with Crippen LogP contribution in [0.4, 0.5) is 11.5 Å². The topological polar surface area (TPSA) is 91.3 Å². The molecule has 6 nitrogen and oxygen atoms in total. The van der Waals surface area contributed by atoms with Gasteiger partial charge in [0.25, 0.3) is 0 Å². The summed E-state index contributed by atoms with van der Waals surface area (Å²) in [5.74, 6) is 0.884. The molecule has 19 heavy (non-hydrogen) atoms. The fourth-order valence-corrected chi connectivity index (χ4v) is 2.15. The van der Waals surface area contributed by atoms with E-state index in [0.717, 1.165) is 0 Å². The van der Waals surface area contributed by atoms with Gasteiger partial charge in [-0.1, -0.05) is 15.9 Å². The number of hydrogen-bond acceptors (Lipinski definition) is 5. The van der Waals surface area contributed by atoms with Gasteiger partial charge in [-0.25, -0.2) is 4.98 Å². The Hall–Kier alpha value is -2.15. The van der Waals surface area contributed by atoms with Crippen LogP contribution in [0.2, 0.25) is 0 Å². The average molecular weight is 324 g/mol. The van der Waals surface area contributed by atoms with Crippen LogP contribution in [0, 0.1) is 17.0 Å². The van der Waals surface area contributed by atoms with Gasteiger partial charge in [0.1, 0.15) is 11.6 Å². The zero-order chi connectivity index (χ0) is 14.0. The van der Waals surface area contributed by atoms with E-state index < -0.39 is 4.92 Å². The van der Waals surface area contributed by atoms with Crippen LogP contribution < -0.4 is 10.5 Å². The molecule has 0 aliphatic rings. The van der Waals surface area contributed by atoms with Crippen molar-refractivity contribution in [1.82, 2.24) is 4.98 Å². The lowest BCUT2D eigenvalue weighted by Gasteiger charge is -2.09. The number of nitro groups is 1. The number of hydrogen-bond donors (Lipinski definition) is 1. The maximum atomic E-state index is 11.1. The van der Waals surface area contributed by atoms with Gasteiger partial charge in [0.15, 0.2) is 0 Å². The minimum atomic E-state index is -0.488. The van der Waals surface area contributed by atoms with Gasteiger partial charge < -0.3 is 10.5 Å². The van der Waals surface area contributed by atoms with Crippen LogP contribution in [0.25, 0.3) is 0 Å². The number of halogens is 1. The summed E-state index contributed by atoms with van der Waals surface area (Å²) in [5.41, 5.74) is 6.08. The van der Waals surface area contributed by atoms with Gasteiger partial charge >= 0.3 is 5.69 Å². The molecular formula is C12H10BrN3O3. The Morgan fingerprint density at radius 1 is 1.42 bits per heavy atom.